The van der Waals surface area contributed by atoms with E-state index in [9.17, 15) is 0 Å². The number of nitrogens with zero attached hydrogens (tertiary/aromatic N) is 1. The number of allylic oxidation sites excluding steroid dienone is 1. The van der Waals surface area contributed by atoms with E-state index in [4.69, 9.17) is 5.26 Å². The molecule has 0 bridgehead atoms. The van der Waals surface area contributed by atoms with Gasteiger partial charge in [-0.15, -0.1) is 0 Å². The highest BCUT2D eigenvalue weighted by Crippen LogP contribution is 2.32. The monoisotopic (exact) mass is 213 g/mol. The average Bonchev–Trinajstić information content (AvgIpc) is 2.21. The Morgan fingerprint density at radius 1 is 1.25 bits per heavy atom. The number of hydrogen-bond acceptors (Lipinski definition) is 1. The predicted octanol–water partition coefficient (Wildman–Crippen LogP) is 4.27. The van der Waals surface area contributed by atoms with Crippen molar-refractivity contribution in [3.05, 3.63) is 40.5 Å². The Bertz CT molecular complexity index is 473. The van der Waals surface area contributed by atoms with E-state index in [0.717, 1.165) is 11.1 Å². The van der Waals surface area contributed by atoms with Crippen LogP contribution >= 0.6 is 0 Å². The Hall–Kier alpha value is -1.55. The van der Waals surface area contributed by atoms with Gasteiger partial charge in [-0.1, -0.05) is 26.5 Å². The Morgan fingerprint density at radius 3 is 2.25 bits per heavy atom. The number of rotatable bonds is 2. The van der Waals surface area contributed by atoms with Crippen molar-refractivity contribution in [2.45, 2.75) is 40.5 Å². The molecule has 0 fully saturated rings. The predicted molar refractivity (Wildman–Crippen MR) is 69.4 cm³/mol. The molecule has 84 valence electrons. The lowest BCUT2D eigenvalue weighted by molar-refractivity contribution is 0.847. The first-order valence-electron chi connectivity index (χ1n) is 5.60. The van der Waals surface area contributed by atoms with Gasteiger partial charge in [0.15, 0.2) is 0 Å². The molecule has 0 amide bonds. The molecule has 1 aromatic carbocycles. The Kier molecular flexibility index (Phi) is 3.55. The molecule has 0 aliphatic heterocycles. The molecule has 0 spiro atoms. The summed E-state index contributed by atoms with van der Waals surface area (Å²) < 4.78 is 0. The zero-order chi connectivity index (χ0) is 12.5. The summed E-state index contributed by atoms with van der Waals surface area (Å²) in [4.78, 5) is 0. The molecule has 1 aromatic rings. The normalized spacial score (nSPS) is 10.3. The molecule has 1 rings (SSSR count). The SMILES string of the molecule is C=C(C#N)c1c(C)cc(C)c(C)c1C(C)C. The molecule has 0 aromatic heterocycles. The Morgan fingerprint density at radius 2 is 1.81 bits per heavy atom. The van der Waals surface area contributed by atoms with Gasteiger partial charge in [0.1, 0.15) is 0 Å². The summed E-state index contributed by atoms with van der Waals surface area (Å²) in [6.45, 7) is 14.5. The zero-order valence-electron chi connectivity index (χ0n) is 10.8. The van der Waals surface area contributed by atoms with Gasteiger partial charge in [-0.05, 0) is 54.5 Å². The Labute approximate surface area is 98.4 Å². The van der Waals surface area contributed by atoms with Crippen LogP contribution in [0.3, 0.4) is 0 Å². The molecular formula is C15H19N. The van der Waals surface area contributed by atoms with Gasteiger partial charge < -0.3 is 0 Å². The highest BCUT2D eigenvalue weighted by molar-refractivity contribution is 5.80. The van der Waals surface area contributed by atoms with E-state index in [1.807, 2.05) is 0 Å². The summed E-state index contributed by atoms with van der Waals surface area (Å²) in [5.74, 6) is 0.415. The van der Waals surface area contributed by atoms with E-state index in [0.29, 0.717) is 11.5 Å². The van der Waals surface area contributed by atoms with Crippen LogP contribution < -0.4 is 0 Å². The number of aryl methyl sites for hydroxylation is 2. The number of nitriles is 1. The van der Waals surface area contributed by atoms with E-state index >= 15 is 0 Å². The molecule has 0 N–H and O–H groups in total. The highest BCUT2D eigenvalue weighted by atomic mass is 14.3. The molecule has 1 nitrogen and oxygen atoms in total. The molecule has 0 aliphatic rings. The third-order valence-corrected chi connectivity index (χ3v) is 3.11. The van der Waals surface area contributed by atoms with Gasteiger partial charge in [-0.25, -0.2) is 0 Å². The fraction of sp³-hybridized carbons (Fsp3) is 0.400. The summed E-state index contributed by atoms with van der Waals surface area (Å²) in [5, 5.41) is 9.03. The van der Waals surface area contributed by atoms with Crippen molar-refractivity contribution in [3.63, 3.8) is 0 Å². The largest absolute Gasteiger partial charge is 0.192 e. The summed E-state index contributed by atoms with van der Waals surface area (Å²) in [6, 6.07) is 4.31. The van der Waals surface area contributed by atoms with E-state index in [-0.39, 0.29) is 0 Å². The first-order chi connectivity index (χ1) is 7.40. The zero-order valence-corrected chi connectivity index (χ0v) is 10.8. The molecule has 0 atom stereocenters. The summed E-state index contributed by atoms with van der Waals surface area (Å²) in [6.07, 6.45) is 0. The first kappa shape index (κ1) is 12.5. The Balaban J connectivity index is 3.65. The summed E-state index contributed by atoms with van der Waals surface area (Å²) >= 11 is 0. The molecular weight excluding hydrogens is 194 g/mol. The van der Waals surface area contributed by atoms with Gasteiger partial charge >= 0.3 is 0 Å². The second-order valence-electron chi connectivity index (χ2n) is 4.67. The van der Waals surface area contributed by atoms with Crippen molar-refractivity contribution in [2.24, 2.45) is 0 Å². The fourth-order valence-corrected chi connectivity index (χ4v) is 2.30. The minimum atomic E-state index is 0.415. The van der Waals surface area contributed by atoms with Gasteiger partial charge in [-0.3, -0.25) is 0 Å². The molecule has 0 saturated carbocycles. The van der Waals surface area contributed by atoms with Crippen molar-refractivity contribution >= 4 is 5.57 Å². The van der Waals surface area contributed by atoms with Crippen LogP contribution in [0.5, 0.6) is 0 Å². The van der Waals surface area contributed by atoms with Gasteiger partial charge in [0.05, 0.1) is 11.6 Å². The van der Waals surface area contributed by atoms with Crippen molar-refractivity contribution in [1.29, 1.82) is 5.26 Å². The van der Waals surface area contributed by atoms with Crippen molar-refractivity contribution in [2.75, 3.05) is 0 Å². The first-order valence-corrected chi connectivity index (χ1v) is 5.60. The van der Waals surface area contributed by atoms with Crippen LogP contribution in [0, 0.1) is 32.1 Å². The van der Waals surface area contributed by atoms with E-state index in [1.54, 1.807) is 0 Å². The molecule has 0 aliphatic carbocycles. The van der Waals surface area contributed by atoms with E-state index in [1.165, 1.54) is 16.7 Å². The van der Waals surface area contributed by atoms with Crippen LogP contribution in [0.4, 0.5) is 0 Å². The lowest BCUT2D eigenvalue weighted by Gasteiger charge is -2.19. The van der Waals surface area contributed by atoms with Crippen LogP contribution in [0.1, 0.15) is 47.6 Å². The van der Waals surface area contributed by atoms with Gasteiger partial charge in [0, 0.05) is 0 Å². The molecule has 0 radical (unpaired) electrons. The van der Waals surface area contributed by atoms with Crippen LogP contribution in [-0.4, -0.2) is 0 Å². The third-order valence-electron chi connectivity index (χ3n) is 3.11. The molecule has 0 unspecified atom stereocenters. The average molecular weight is 213 g/mol. The number of benzene rings is 1. The van der Waals surface area contributed by atoms with Crippen LogP contribution in [0.2, 0.25) is 0 Å². The fourth-order valence-electron chi connectivity index (χ4n) is 2.30. The van der Waals surface area contributed by atoms with Crippen molar-refractivity contribution in [1.82, 2.24) is 0 Å². The van der Waals surface area contributed by atoms with Crippen molar-refractivity contribution < 1.29 is 0 Å². The minimum absolute atomic E-state index is 0.415. The maximum atomic E-state index is 9.03. The lowest BCUT2D eigenvalue weighted by atomic mass is 9.84. The van der Waals surface area contributed by atoms with E-state index < -0.39 is 0 Å². The highest BCUT2D eigenvalue weighted by Gasteiger charge is 2.16. The van der Waals surface area contributed by atoms with Crippen LogP contribution in [0.25, 0.3) is 5.57 Å². The molecule has 16 heavy (non-hydrogen) atoms. The molecule has 0 saturated heterocycles. The standard InChI is InChI=1S/C15H19N/c1-9(2)14-13(6)10(3)7-11(4)15(14)12(5)8-16/h7,9H,5H2,1-4,6H3. The second-order valence-corrected chi connectivity index (χ2v) is 4.67. The second kappa shape index (κ2) is 4.53. The van der Waals surface area contributed by atoms with Crippen molar-refractivity contribution in [3.8, 4) is 6.07 Å². The third kappa shape index (κ3) is 2.02. The van der Waals surface area contributed by atoms with Crippen LogP contribution in [-0.2, 0) is 0 Å². The van der Waals surface area contributed by atoms with E-state index in [2.05, 4.69) is 53.3 Å². The quantitative estimate of drug-likeness (QED) is 0.673. The topological polar surface area (TPSA) is 23.8 Å². The molecule has 1 heteroatoms. The molecule has 0 heterocycles. The smallest absolute Gasteiger partial charge is 0.0991 e. The van der Waals surface area contributed by atoms with Gasteiger partial charge in [0.25, 0.3) is 0 Å². The maximum absolute atomic E-state index is 9.03. The van der Waals surface area contributed by atoms with Gasteiger partial charge in [-0.2, -0.15) is 5.26 Å². The number of hydrogen-bond donors (Lipinski definition) is 0. The lowest BCUT2D eigenvalue weighted by Crippen LogP contribution is -2.03. The summed E-state index contributed by atoms with van der Waals surface area (Å²) in [5.41, 5.74) is 6.61. The maximum Gasteiger partial charge on any atom is 0.0991 e. The minimum Gasteiger partial charge on any atom is -0.192 e. The summed E-state index contributed by atoms with van der Waals surface area (Å²) in [7, 11) is 0. The van der Waals surface area contributed by atoms with Crippen LogP contribution in [0.15, 0.2) is 12.6 Å². The van der Waals surface area contributed by atoms with Gasteiger partial charge in [0.2, 0.25) is 0 Å².